The van der Waals surface area contributed by atoms with E-state index >= 15 is 0 Å². The molecule has 1 atom stereocenters. The molecule has 1 aromatic rings. The molecule has 0 saturated carbocycles. The lowest BCUT2D eigenvalue weighted by atomic mass is 10.1. The molecule has 0 aliphatic carbocycles. The minimum atomic E-state index is -4.30. The third-order valence-electron chi connectivity index (χ3n) is 2.76. The lowest BCUT2D eigenvalue weighted by Gasteiger charge is -2.09. The Morgan fingerprint density at radius 2 is 1.89 bits per heavy atom. The van der Waals surface area contributed by atoms with E-state index in [0.29, 0.717) is 6.42 Å². The number of aromatic nitrogens is 1. The van der Waals surface area contributed by atoms with Crippen LogP contribution in [0, 0.1) is 0 Å². The van der Waals surface area contributed by atoms with Gasteiger partial charge in [0.2, 0.25) is 0 Å². The first-order chi connectivity index (χ1) is 8.91. The maximum atomic E-state index is 10.8. The summed E-state index contributed by atoms with van der Waals surface area (Å²) in [5, 5.41) is -1.43. The second-order valence-corrected chi connectivity index (χ2v) is 7.76. The summed E-state index contributed by atoms with van der Waals surface area (Å²) in [6.07, 6.45) is 4.69. The number of aryl methyl sites for hydroxylation is 1. The van der Waals surface area contributed by atoms with Gasteiger partial charge in [-0.3, -0.25) is 4.98 Å². The molecule has 3 N–H and O–H groups in total. The zero-order chi connectivity index (χ0) is 14.3. The van der Waals surface area contributed by atoms with Gasteiger partial charge in [-0.2, -0.15) is 14.7 Å². The van der Waals surface area contributed by atoms with Crippen molar-refractivity contribution >= 4 is 15.6 Å². The quantitative estimate of drug-likeness (QED) is 0.503. The van der Waals surface area contributed by atoms with Crippen LogP contribution in [0.25, 0.3) is 0 Å². The Labute approximate surface area is 112 Å². The average Bonchev–Trinajstić information content (AvgIpc) is 2.32. The molecule has 1 heterocycles. The fraction of sp³-hybridized carbons (Fsp3) is 0.545. The van der Waals surface area contributed by atoms with Crippen LogP contribution >= 0.6 is 15.6 Å². The van der Waals surface area contributed by atoms with Gasteiger partial charge in [0.15, 0.2) is 0 Å². The van der Waals surface area contributed by atoms with Crippen LogP contribution in [0.5, 0.6) is 0 Å². The molecule has 19 heavy (non-hydrogen) atoms. The van der Waals surface area contributed by atoms with Crippen LogP contribution in [-0.2, 0) is 15.6 Å². The molecule has 8 heteroatoms. The molecule has 0 amide bonds. The van der Waals surface area contributed by atoms with Gasteiger partial charge in [-0.05, 0) is 31.4 Å². The van der Waals surface area contributed by atoms with E-state index in [9.17, 15) is 9.13 Å². The molecule has 1 aromatic heterocycles. The van der Waals surface area contributed by atoms with Gasteiger partial charge in [0.25, 0.3) is 5.40 Å². The van der Waals surface area contributed by atoms with Crippen molar-refractivity contribution in [1.29, 1.82) is 0 Å². The van der Waals surface area contributed by atoms with Gasteiger partial charge in [0.05, 0.1) is 0 Å². The van der Waals surface area contributed by atoms with Crippen molar-refractivity contribution in [2.75, 3.05) is 0 Å². The minimum absolute atomic E-state index is 0.0677. The number of hydrogen-bond donors (Lipinski definition) is 3. The van der Waals surface area contributed by atoms with E-state index in [4.69, 9.17) is 14.7 Å². The minimum Gasteiger partial charge on any atom is -0.261 e. The van der Waals surface area contributed by atoms with Crippen molar-refractivity contribution in [3.05, 3.63) is 30.1 Å². The molecule has 106 valence electrons. The Morgan fingerprint density at radius 3 is 2.42 bits per heavy atom. The molecule has 1 rings (SSSR count). The monoisotopic (exact) mass is 306 g/mol. The van der Waals surface area contributed by atoms with Crippen LogP contribution in [0.3, 0.4) is 0 Å². The average molecular weight is 306 g/mol. The highest BCUT2D eigenvalue weighted by molar-refractivity contribution is 7.68. The Bertz CT molecular complexity index is 436. The molecule has 0 radical (unpaired) electrons. The highest BCUT2D eigenvalue weighted by Crippen LogP contribution is 2.58. The van der Waals surface area contributed by atoms with E-state index < -0.39 is 21.0 Å². The van der Waals surface area contributed by atoms with E-state index in [1.165, 1.54) is 0 Å². The number of hydrogen-bond acceptors (Lipinski definition) is 6. The van der Waals surface area contributed by atoms with Gasteiger partial charge in [0.1, 0.15) is 0 Å². The number of pyridine rings is 1. The Balaban J connectivity index is 2.26. The van der Waals surface area contributed by atoms with Gasteiger partial charge in [-0.1, -0.05) is 12.5 Å². The summed E-state index contributed by atoms with van der Waals surface area (Å²) in [7, 11) is -7.33. The van der Waals surface area contributed by atoms with Crippen LogP contribution < -0.4 is 0 Å². The first-order valence-corrected chi connectivity index (χ1v) is 8.98. The van der Waals surface area contributed by atoms with E-state index in [1.807, 2.05) is 18.2 Å². The van der Waals surface area contributed by atoms with Gasteiger partial charge < -0.3 is 0 Å². The molecular weight excluding hydrogens is 288 g/mol. The third kappa shape index (κ3) is 6.37. The standard InChI is InChI=1S/C11H18NO5P2/c13-18(14)11(19(15,16)17)8-3-1-2-6-10-7-4-5-9-12-10/h4-5,7,9,11,15-17H,1-3,6,8H2/q+1. The maximum Gasteiger partial charge on any atom is 0.421 e. The SMILES string of the molecule is O=P(=O)C(CCCCCc1ccccn1)[P+](O)(O)O. The highest BCUT2D eigenvalue weighted by Gasteiger charge is 2.46. The van der Waals surface area contributed by atoms with Crippen molar-refractivity contribution in [1.82, 2.24) is 4.98 Å². The van der Waals surface area contributed by atoms with Crippen molar-refractivity contribution in [3.8, 4) is 0 Å². The normalized spacial score (nSPS) is 13.2. The largest absolute Gasteiger partial charge is 0.421 e. The fourth-order valence-corrected chi connectivity index (χ4v) is 3.70. The molecule has 0 bridgehead atoms. The molecule has 1 unspecified atom stereocenters. The van der Waals surface area contributed by atoms with Crippen LogP contribution in [0.1, 0.15) is 31.4 Å². The van der Waals surface area contributed by atoms with Crippen molar-refractivity contribution in [3.63, 3.8) is 0 Å². The van der Waals surface area contributed by atoms with Crippen LogP contribution in [0.2, 0.25) is 0 Å². The highest BCUT2D eigenvalue weighted by atomic mass is 31.2. The number of nitrogens with zero attached hydrogens (tertiary/aromatic N) is 1. The maximum absolute atomic E-state index is 10.8. The first kappa shape index (κ1) is 16.4. The fourth-order valence-electron chi connectivity index (χ4n) is 1.76. The van der Waals surface area contributed by atoms with Crippen LogP contribution in [0.15, 0.2) is 24.4 Å². The summed E-state index contributed by atoms with van der Waals surface area (Å²) in [5.41, 5.74) is 0.974. The topological polar surface area (TPSA) is 108 Å². The van der Waals surface area contributed by atoms with Crippen molar-refractivity contribution in [2.24, 2.45) is 0 Å². The summed E-state index contributed by atoms with van der Waals surface area (Å²) in [4.78, 5) is 31.2. The molecular formula is C11H18NO5P2+. The molecule has 6 nitrogen and oxygen atoms in total. The molecule has 0 fully saturated rings. The van der Waals surface area contributed by atoms with E-state index in [1.54, 1.807) is 6.20 Å². The third-order valence-corrected chi connectivity index (χ3v) is 6.06. The zero-order valence-corrected chi connectivity index (χ0v) is 12.2. The lowest BCUT2D eigenvalue weighted by molar-refractivity contribution is 0.321. The first-order valence-electron chi connectivity index (χ1n) is 6.01. The summed E-state index contributed by atoms with van der Waals surface area (Å²) in [6, 6.07) is 5.66. The van der Waals surface area contributed by atoms with Crippen LogP contribution in [-0.4, -0.2) is 25.1 Å². The van der Waals surface area contributed by atoms with Crippen LogP contribution in [0.4, 0.5) is 0 Å². The van der Waals surface area contributed by atoms with Gasteiger partial charge in [0, 0.05) is 18.3 Å². The molecule has 0 aliphatic rings. The van der Waals surface area contributed by atoms with Gasteiger partial charge in [-0.25, -0.2) is 9.13 Å². The van der Waals surface area contributed by atoms with E-state index in [-0.39, 0.29) is 6.42 Å². The van der Waals surface area contributed by atoms with E-state index in [0.717, 1.165) is 25.0 Å². The molecule has 0 aliphatic heterocycles. The van der Waals surface area contributed by atoms with Gasteiger partial charge in [-0.15, -0.1) is 0 Å². The number of rotatable bonds is 8. The predicted molar refractivity (Wildman–Crippen MR) is 72.1 cm³/mol. The Hall–Kier alpha value is -0.640. The summed E-state index contributed by atoms with van der Waals surface area (Å²) < 4.78 is 21.6. The Kier molecular flexibility index (Phi) is 6.76. The second-order valence-electron chi connectivity index (χ2n) is 4.30. The molecule has 0 aromatic carbocycles. The van der Waals surface area contributed by atoms with Crippen molar-refractivity contribution in [2.45, 2.75) is 37.5 Å². The van der Waals surface area contributed by atoms with E-state index in [2.05, 4.69) is 4.98 Å². The summed E-state index contributed by atoms with van der Waals surface area (Å²) in [6.45, 7) is 0. The Morgan fingerprint density at radius 1 is 1.16 bits per heavy atom. The van der Waals surface area contributed by atoms with Crippen molar-refractivity contribution < 1.29 is 23.8 Å². The van der Waals surface area contributed by atoms with Gasteiger partial charge >= 0.3 is 15.6 Å². The lowest BCUT2D eigenvalue weighted by Crippen LogP contribution is -2.06. The predicted octanol–water partition coefficient (Wildman–Crippen LogP) is 2.42. The summed E-state index contributed by atoms with van der Waals surface area (Å²) >= 11 is 0. The number of unbranched alkanes of at least 4 members (excludes halogenated alkanes) is 2. The molecule has 0 spiro atoms. The second kappa shape index (κ2) is 7.83. The molecule has 0 saturated heterocycles. The summed E-state index contributed by atoms with van der Waals surface area (Å²) in [5.74, 6) is 0. The zero-order valence-electron chi connectivity index (χ0n) is 10.4. The smallest absolute Gasteiger partial charge is 0.261 e.